The van der Waals surface area contributed by atoms with Crippen molar-refractivity contribution >= 4 is 11.5 Å². The summed E-state index contributed by atoms with van der Waals surface area (Å²) in [5.41, 5.74) is 0. The highest BCUT2D eigenvalue weighted by molar-refractivity contribution is 7.03. The molecule has 1 saturated heterocycles. The van der Waals surface area contributed by atoms with Crippen molar-refractivity contribution in [2.24, 2.45) is 0 Å². The van der Waals surface area contributed by atoms with Crippen molar-refractivity contribution in [3.8, 4) is 5.75 Å². The van der Waals surface area contributed by atoms with Crippen LogP contribution in [0.1, 0.15) is 6.42 Å². The van der Waals surface area contributed by atoms with Gasteiger partial charge < -0.3 is 9.47 Å². The van der Waals surface area contributed by atoms with Crippen LogP contribution in [0.2, 0.25) is 0 Å². The number of nitrogens with zero attached hydrogens (tertiary/aromatic N) is 1. The molecule has 3 nitrogen and oxygen atoms in total. The van der Waals surface area contributed by atoms with Crippen molar-refractivity contribution in [3.63, 3.8) is 0 Å². The molecule has 0 saturated carbocycles. The van der Waals surface area contributed by atoms with Crippen LogP contribution in [-0.4, -0.2) is 23.7 Å². The van der Waals surface area contributed by atoms with Gasteiger partial charge in [-0.1, -0.05) is 0 Å². The summed E-state index contributed by atoms with van der Waals surface area (Å²) < 4.78 is 14.6. The van der Waals surface area contributed by atoms with Crippen LogP contribution in [0.5, 0.6) is 5.75 Å². The van der Waals surface area contributed by atoms with Crippen molar-refractivity contribution in [1.82, 2.24) is 4.37 Å². The Kier molecular flexibility index (Phi) is 2.05. The minimum atomic E-state index is 0.242. The highest BCUT2D eigenvalue weighted by Crippen LogP contribution is 2.17. The highest BCUT2D eigenvalue weighted by atomic mass is 32.1. The smallest absolute Gasteiger partial charge is 0.150 e. The maximum absolute atomic E-state index is 5.54. The Labute approximate surface area is 69.1 Å². The van der Waals surface area contributed by atoms with Crippen LogP contribution in [0, 0.1) is 0 Å². The quantitative estimate of drug-likeness (QED) is 0.672. The molecule has 0 aromatic carbocycles. The summed E-state index contributed by atoms with van der Waals surface area (Å²) in [6.45, 7) is 1.54. The summed E-state index contributed by atoms with van der Waals surface area (Å²) in [5.74, 6) is 0.866. The van der Waals surface area contributed by atoms with Crippen molar-refractivity contribution in [2.75, 3.05) is 13.2 Å². The molecule has 1 aliphatic rings. The SMILES string of the molecule is c1nscc1OC1CCOC1. The zero-order valence-corrected chi connectivity index (χ0v) is 6.84. The second kappa shape index (κ2) is 3.19. The van der Waals surface area contributed by atoms with E-state index in [9.17, 15) is 0 Å². The third-order valence-electron chi connectivity index (χ3n) is 1.60. The first-order valence-corrected chi connectivity index (χ1v) is 4.42. The Hall–Kier alpha value is -0.610. The molecule has 1 unspecified atom stereocenters. The molecule has 0 bridgehead atoms. The van der Waals surface area contributed by atoms with Gasteiger partial charge in [-0.3, -0.25) is 0 Å². The van der Waals surface area contributed by atoms with Crippen LogP contribution in [0.3, 0.4) is 0 Å². The molecule has 2 rings (SSSR count). The van der Waals surface area contributed by atoms with Gasteiger partial charge in [0.1, 0.15) is 6.10 Å². The minimum Gasteiger partial charge on any atom is -0.485 e. The fourth-order valence-corrected chi connectivity index (χ4v) is 1.50. The lowest BCUT2D eigenvalue weighted by atomic mass is 10.3. The van der Waals surface area contributed by atoms with Gasteiger partial charge in [0, 0.05) is 6.42 Å². The molecule has 0 spiro atoms. The van der Waals surface area contributed by atoms with Crippen LogP contribution in [0.4, 0.5) is 0 Å². The zero-order chi connectivity index (χ0) is 7.52. The summed E-state index contributed by atoms with van der Waals surface area (Å²) in [6, 6.07) is 0. The molecule has 1 aromatic rings. The van der Waals surface area contributed by atoms with Gasteiger partial charge in [-0.15, -0.1) is 0 Å². The third-order valence-corrected chi connectivity index (χ3v) is 2.17. The summed E-state index contributed by atoms with van der Waals surface area (Å²) in [6.07, 6.45) is 2.98. The van der Waals surface area contributed by atoms with Gasteiger partial charge in [0.2, 0.25) is 0 Å². The zero-order valence-electron chi connectivity index (χ0n) is 6.03. The molecular weight excluding hydrogens is 162 g/mol. The second-order valence-corrected chi connectivity index (χ2v) is 3.12. The first kappa shape index (κ1) is 7.06. The number of hydrogen-bond donors (Lipinski definition) is 0. The number of hydrogen-bond acceptors (Lipinski definition) is 4. The molecule has 60 valence electrons. The standard InChI is InChI=1S/C7H9NO2S/c1-2-9-4-6(1)10-7-3-8-11-5-7/h3,5-6H,1-2,4H2. The summed E-state index contributed by atoms with van der Waals surface area (Å²) in [5, 5.41) is 1.90. The summed E-state index contributed by atoms with van der Waals surface area (Å²) in [4.78, 5) is 0. The Bertz CT molecular complexity index is 206. The molecule has 0 radical (unpaired) electrons. The molecule has 11 heavy (non-hydrogen) atoms. The predicted molar refractivity (Wildman–Crippen MR) is 42.0 cm³/mol. The third kappa shape index (κ3) is 1.70. The van der Waals surface area contributed by atoms with Crippen molar-refractivity contribution in [2.45, 2.75) is 12.5 Å². The van der Waals surface area contributed by atoms with Gasteiger partial charge in [0.15, 0.2) is 5.75 Å². The maximum atomic E-state index is 5.54. The molecule has 1 aromatic heterocycles. The van der Waals surface area contributed by atoms with Gasteiger partial charge >= 0.3 is 0 Å². The van der Waals surface area contributed by atoms with Crippen LogP contribution in [-0.2, 0) is 4.74 Å². The lowest BCUT2D eigenvalue weighted by molar-refractivity contribution is 0.141. The van der Waals surface area contributed by atoms with E-state index in [2.05, 4.69) is 4.37 Å². The Morgan fingerprint density at radius 2 is 2.73 bits per heavy atom. The van der Waals surface area contributed by atoms with Gasteiger partial charge in [-0.25, -0.2) is 0 Å². The predicted octanol–water partition coefficient (Wildman–Crippen LogP) is 1.31. The van der Waals surface area contributed by atoms with E-state index in [0.29, 0.717) is 0 Å². The van der Waals surface area contributed by atoms with Crippen LogP contribution in [0.25, 0.3) is 0 Å². The van der Waals surface area contributed by atoms with E-state index < -0.39 is 0 Å². The molecule has 0 amide bonds. The molecule has 2 heterocycles. The Morgan fingerprint density at radius 1 is 1.73 bits per heavy atom. The first-order chi connectivity index (χ1) is 5.45. The van der Waals surface area contributed by atoms with Crippen molar-refractivity contribution in [1.29, 1.82) is 0 Å². The fourth-order valence-electron chi connectivity index (χ4n) is 1.05. The Morgan fingerprint density at radius 3 is 3.36 bits per heavy atom. The summed E-state index contributed by atoms with van der Waals surface area (Å²) >= 11 is 1.41. The normalized spacial score (nSPS) is 23.8. The largest absolute Gasteiger partial charge is 0.485 e. The lowest BCUT2D eigenvalue weighted by Gasteiger charge is -2.07. The molecule has 1 aliphatic heterocycles. The van der Waals surface area contributed by atoms with Gasteiger partial charge in [-0.2, -0.15) is 4.37 Å². The maximum Gasteiger partial charge on any atom is 0.150 e. The first-order valence-electron chi connectivity index (χ1n) is 3.59. The van der Waals surface area contributed by atoms with E-state index in [4.69, 9.17) is 9.47 Å². The monoisotopic (exact) mass is 171 g/mol. The Balaban J connectivity index is 1.90. The highest BCUT2D eigenvalue weighted by Gasteiger charge is 2.17. The lowest BCUT2D eigenvalue weighted by Crippen LogP contribution is -2.15. The van der Waals surface area contributed by atoms with Crippen molar-refractivity contribution < 1.29 is 9.47 Å². The topological polar surface area (TPSA) is 31.4 Å². The molecule has 1 fully saturated rings. The van der Waals surface area contributed by atoms with Gasteiger partial charge in [0.05, 0.1) is 24.8 Å². The number of ether oxygens (including phenoxy) is 2. The van der Waals surface area contributed by atoms with Crippen LogP contribution >= 0.6 is 11.5 Å². The van der Waals surface area contributed by atoms with Crippen molar-refractivity contribution in [3.05, 3.63) is 11.6 Å². The van der Waals surface area contributed by atoms with E-state index in [1.165, 1.54) is 11.5 Å². The second-order valence-electron chi connectivity index (χ2n) is 2.46. The molecule has 0 aliphatic carbocycles. The van der Waals surface area contributed by atoms with E-state index in [0.717, 1.165) is 25.4 Å². The molecule has 4 heteroatoms. The number of aromatic nitrogens is 1. The summed E-state index contributed by atoms with van der Waals surface area (Å²) in [7, 11) is 0. The minimum absolute atomic E-state index is 0.242. The molecule has 0 N–H and O–H groups in total. The molecule has 1 atom stereocenters. The fraction of sp³-hybridized carbons (Fsp3) is 0.571. The average molecular weight is 171 g/mol. The number of rotatable bonds is 2. The van der Waals surface area contributed by atoms with Gasteiger partial charge in [0.25, 0.3) is 0 Å². The molecular formula is C7H9NO2S. The van der Waals surface area contributed by atoms with E-state index in [-0.39, 0.29) is 6.10 Å². The van der Waals surface area contributed by atoms with E-state index in [1.54, 1.807) is 6.20 Å². The van der Waals surface area contributed by atoms with E-state index in [1.807, 2.05) is 5.38 Å². The van der Waals surface area contributed by atoms with Gasteiger partial charge in [-0.05, 0) is 11.5 Å². The van der Waals surface area contributed by atoms with Crippen LogP contribution < -0.4 is 4.74 Å². The average Bonchev–Trinajstić information content (AvgIpc) is 2.60. The van der Waals surface area contributed by atoms with Crippen LogP contribution in [0.15, 0.2) is 11.6 Å². The van der Waals surface area contributed by atoms with E-state index >= 15 is 0 Å².